The summed E-state index contributed by atoms with van der Waals surface area (Å²) in [7, 11) is 0. The first-order valence-corrected chi connectivity index (χ1v) is 7.52. The van der Waals surface area contributed by atoms with E-state index in [2.05, 4.69) is 37.9 Å². The number of amides is 2. The molecule has 126 valence electrons. The summed E-state index contributed by atoms with van der Waals surface area (Å²) in [4.78, 5) is 19.2. The number of halogens is 2. The Morgan fingerprint density at radius 1 is 1.10 bits per heavy atom. The summed E-state index contributed by atoms with van der Waals surface area (Å²) in [5.74, 6) is 0. The molecule has 0 radical (unpaired) electrons. The third-order valence-corrected chi connectivity index (χ3v) is 4.16. The van der Waals surface area contributed by atoms with Gasteiger partial charge in [-0.2, -0.15) is 0 Å². The van der Waals surface area contributed by atoms with Gasteiger partial charge in [-0.05, 0) is 27.7 Å². The number of carbonyl (C=O) groups excluding carboxylic acids is 1. The Kier molecular flexibility index (Phi) is 8.93. The van der Waals surface area contributed by atoms with Crippen LogP contribution in [0.4, 0.5) is 4.79 Å². The number of nitrogens with one attached hydrogen (secondary N) is 1. The van der Waals surface area contributed by atoms with Gasteiger partial charge in [-0.25, -0.2) is 4.79 Å². The van der Waals surface area contributed by atoms with Crippen LogP contribution in [0.5, 0.6) is 0 Å². The average molecular weight is 341 g/mol. The third-order valence-electron chi connectivity index (χ3n) is 4.16. The first-order chi connectivity index (χ1) is 9.00. The molecule has 2 rings (SSSR count). The second kappa shape index (κ2) is 9.03. The molecule has 2 fully saturated rings. The van der Waals surface area contributed by atoms with Gasteiger partial charge in [0, 0.05) is 57.4 Å². The van der Waals surface area contributed by atoms with Crippen LogP contribution in [0, 0.1) is 0 Å². The van der Waals surface area contributed by atoms with Gasteiger partial charge in [0.1, 0.15) is 0 Å². The highest BCUT2D eigenvalue weighted by molar-refractivity contribution is 5.85. The average Bonchev–Trinajstić information content (AvgIpc) is 2.37. The molecule has 0 saturated carbocycles. The van der Waals surface area contributed by atoms with Crippen molar-refractivity contribution >= 4 is 30.8 Å². The number of urea groups is 1. The predicted molar refractivity (Wildman–Crippen MR) is 91.8 cm³/mol. The molecular weight excluding hydrogens is 311 g/mol. The number of fused-ring (bicyclic) bond motifs is 1. The Balaban J connectivity index is 0.00000200. The highest BCUT2D eigenvalue weighted by Gasteiger charge is 2.33. The molecule has 2 aliphatic heterocycles. The Labute approximate surface area is 141 Å². The Morgan fingerprint density at radius 2 is 1.71 bits per heavy atom. The van der Waals surface area contributed by atoms with Crippen LogP contribution >= 0.6 is 24.8 Å². The van der Waals surface area contributed by atoms with E-state index < -0.39 is 0 Å². The second-order valence-electron chi connectivity index (χ2n) is 6.22. The van der Waals surface area contributed by atoms with Crippen molar-refractivity contribution in [3.63, 3.8) is 0 Å². The van der Waals surface area contributed by atoms with E-state index >= 15 is 0 Å². The van der Waals surface area contributed by atoms with Gasteiger partial charge < -0.3 is 15.1 Å². The van der Waals surface area contributed by atoms with Crippen LogP contribution < -0.4 is 5.32 Å². The summed E-state index contributed by atoms with van der Waals surface area (Å²) in [6.45, 7) is 14.3. The zero-order valence-electron chi connectivity index (χ0n) is 13.5. The lowest BCUT2D eigenvalue weighted by Gasteiger charge is -2.46. The molecule has 0 aliphatic carbocycles. The van der Waals surface area contributed by atoms with Crippen molar-refractivity contribution in [3.8, 4) is 0 Å². The standard InChI is InChI=1S/C14H28N4O.2ClH/c1-11(2)18(12(3)4)14(19)17-8-7-16-6-5-15-9-13(16)10-17;;/h11-13,15H,5-10H2,1-4H3;2*1H. The zero-order chi connectivity index (χ0) is 14.0. The van der Waals surface area contributed by atoms with E-state index in [1.54, 1.807) is 0 Å². The molecule has 5 nitrogen and oxygen atoms in total. The molecule has 2 amide bonds. The normalized spacial score (nSPS) is 22.4. The molecule has 7 heteroatoms. The zero-order valence-corrected chi connectivity index (χ0v) is 15.2. The van der Waals surface area contributed by atoms with Gasteiger partial charge in [0.2, 0.25) is 0 Å². The van der Waals surface area contributed by atoms with Crippen LogP contribution in [-0.2, 0) is 0 Å². The van der Waals surface area contributed by atoms with Gasteiger partial charge >= 0.3 is 6.03 Å². The molecular formula is C14H30Cl2N4O. The lowest BCUT2D eigenvalue weighted by atomic mass is 10.1. The minimum Gasteiger partial charge on any atom is -0.322 e. The lowest BCUT2D eigenvalue weighted by molar-refractivity contribution is 0.0528. The van der Waals surface area contributed by atoms with Gasteiger partial charge in [-0.3, -0.25) is 4.90 Å². The van der Waals surface area contributed by atoms with Crippen molar-refractivity contribution in [2.75, 3.05) is 39.3 Å². The van der Waals surface area contributed by atoms with Gasteiger partial charge in [-0.15, -0.1) is 24.8 Å². The highest BCUT2D eigenvalue weighted by Crippen LogP contribution is 2.16. The first kappa shape index (κ1) is 20.8. The first-order valence-electron chi connectivity index (χ1n) is 7.52. The van der Waals surface area contributed by atoms with E-state index in [9.17, 15) is 4.79 Å². The van der Waals surface area contributed by atoms with Crippen LogP contribution in [0.1, 0.15) is 27.7 Å². The molecule has 0 aromatic carbocycles. The molecule has 2 aliphatic rings. The molecule has 0 bridgehead atoms. The quantitative estimate of drug-likeness (QED) is 0.830. The van der Waals surface area contributed by atoms with E-state index in [0.717, 1.165) is 39.3 Å². The maximum Gasteiger partial charge on any atom is 0.320 e. The molecule has 21 heavy (non-hydrogen) atoms. The molecule has 1 unspecified atom stereocenters. The highest BCUT2D eigenvalue weighted by atomic mass is 35.5. The van der Waals surface area contributed by atoms with Crippen LogP contribution in [0.15, 0.2) is 0 Å². The summed E-state index contributed by atoms with van der Waals surface area (Å²) in [5.41, 5.74) is 0. The Morgan fingerprint density at radius 3 is 2.29 bits per heavy atom. The van der Waals surface area contributed by atoms with Crippen molar-refractivity contribution in [3.05, 3.63) is 0 Å². The topological polar surface area (TPSA) is 38.8 Å². The van der Waals surface area contributed by atoms with E-state index in [4.69, 9.17) is 0 Å². The summed E-state index contributed by atoms with van der Waals surface area (Å²) < 4.78 is 0. The Bertz CT molecular complexity index is 320. The smallest absolute Gasteiger partial charge is 0.320 e. The fourth-order valence-electron chi connectivity index (χ4n) is 3.25. The predicted octanol–water partition coefficient (Wildman–Crippen LogP) is 1.66. The van der Waals surface area contributed by atoms with Crippen molar-refractivity contribution < 1.29 is 4.79 Å². The van der Waals surface area contributed by atoms with Gasteiger partial charge in [0.15, 0.2) is 0 Å². The minimum absolute atomic E-state index is 0. The summed E-state index contributed by atoms with van der Waals surface area (Å²) in [6, 6.07) is 1.22. The van der Waals surface area contributed by atoms with Crippen LogP contribution in [0.2, 0.25) is 0 Å². The minimum atomic E-state index is 0. The monoisotopic (exact) mass is 340 g/mol. The molecule has 1 N–H and O–H groups in total. The maximum atomic E-state index is 12.7. The van der Waals surface area contributed by atoms with Crippen LogP contribution in [0.3, 0.4) is 0 Å². The Hall–Kier alpha value is -0.230. The fraction of sp³-hybridized carbons (Fsp3) is 0.929. The van der Waals surface area contributed by atoms with Crippen molar-refractivity contribution in [2.45, 2.75) is 45.8 Å². The SMILES string of the molecule is CC(C)N(C(=O)N1CCN2CCNCC2C1)C(C)C.Cl.Cl. The van der Waals surface area contributed by atoms with Crippen molar-refractivity contribution in [1.29, 1.82) is 0 Å². The van der Waals surface area contributed by atoms with Crippen molar-refractivity contribution in [2.24, 2.45) is 0 Å². The molecule has 2 saturated heterocycles. The number of hydrogen-bond donors (Lipinski definition) is 1. The number of carbonyl (C=O) groups is 1. The van der Waals surface area contributed by atoms with E-state index in [1.165, 1.54) is 0 Å². The summed E-state index contributed by atoms with van der Waals surface area (Å²) >= 11 is 0. The third kappa shape index (κ3) is 4.88. The van der Waals surface area contributed by atoms with Crippen molar-refractivity contribution in [1.82, 2.24) is 20.0 Å². The van der Waals surface area contributed by atoms with E-state index in [-0.39, 0.29) is 42.9 Å². The fourth-order valence-corrected chi connectivity index (χ4v) is 3.25. The molecule has 0 aromatic rings. The van der Waals surface area contributed by atoms with E-state index in [1.807, 2.05) is 9.80 Å². The molecule has 0 spiro atoms. The number of nitrogens with zero attached hydrogens (tertiary/aromatic N) is 3. The van der Waals surface area contributed by atoms with Gasteiger partial charge in [-0.1, -0.05) is 0 Å². The number of rotatable bonds is 2. The van der Waals surface area contributed by atoms with Gasteiger partial charge in [0.25, 0.3) is 0 Å². The van der Waals surface area contributed by atoms with Crippen LogP contribution in [-0.4, -0.2) is 78.1 Å². The number of piperazine rings is 2. The largest absolute Gasteiger partial charge is 0.322 e. The summed E-state index contributed by atoms with van der Waals surface area (Å²) in [5, 5.41) is 3.42. The summed E-state index contributed by atoms with van der Waals surface area (Å²) in [6.07, 6.45) is 0. The molecule has 2 heterocycles. The maximum absolute atomic E-state index is 12.7. The molecule has 0 aromatic heterocycles. The lowest BCUT2D eigenvalue weighted by Crippen LogP contribution is -2.64. The number of hydrogen-bond acceptors (Lipinski definition) is 3. The van der Waals surface area contributed by atoms with E-state index in [0.29, 0.717) is 6.04 Å². The van der Waals surface area contributed by atoms with Gasteiger partial charge in [0.05, 0.1) is 0 Å². The molecule has 1 atom stereocenters. The van der Waals surface area contributed by atoms with Crippen LogP contribution in [0.25, 0.3) is 0 Å². The second-order valence-corrected chi connectivity index (χ2v) is 6.22.